The first-order valence-corrected chi connectivity index (χ1v) is 9.00. The average molecular weight is 476 g/mol. The molecule has 0 aromatic heterocycles. The molecule has 1 N–H and O–H groups in total. The zero-order valence-electron chi connectivity index (χ0n) is 15.9. The van der Waals surface area contributed by atoms with Gasteiger partial charge in [0, 0.05) is 46.2 Å². The van der Waals surface area contributed by atoms with Gasteiger partial charge in [0.15, 0.2) is 5.96 Å². The first-order valence-electron chi connectivity index (χ1n) is 9.00. The summed E-state index contributed by atoms with van der Waals surface area (Å²) in [5, 5.41) is 3.35. The lowest BCUT2D eigenvalue weighted by Gasteiger charge is -2.28. The van der Waals surface area contributed by atoms with E-state index in [0.717, 1.165) is 43.9 Å². The fourth-order valence-corrected chi connectivity index (χ4v) is 3.35. The number of carbonyl (C=O) groups excluding carboxylic acids is 1. The summed E-state index contributed by atoms with van der Waals surface area (Å²) in [5.74, 6) is 0.821. The van der Waals surface area contributed by atoms with Gasteiger partial charge in [-0.1, -0.05) is 19.1 Å². The van der Waals surface area contributed by atoms with Gasteiger partial charge in [0.05, 0.1) is 0 Å². The van der Waals surface area contributed by atoms with Gasteiger partial charge in [-0.15, -0.1) is 24.0 Å². The molecule has 0 saturated carbocycles. The number of likely N-dealkylation sites (tertiary alicyclic amines) is 1. The highest BCUT2D eigenvalue weighted by atomic mass is 127. The molecule has 146 valence electrons. The van der Waals surface area contributed by atoms with Gasteiger partial charge in [-0.05, 0) is 37.0 Å². The summed E-state index contributed by atoms with van der Waals surface area (Å²) in [6.45, 7) is 4.34. The SMILES string of the molecule is CCC(CCNC(=NC)N(C)Cc1cccc(F)c1)N1CCCC1=O.I. The van der Waals surface area contributed by atoms with Crippen LogP contribution in [0, 0.1) is 5.82 Å². The lowest BCUT2D eigenvalue weighted by molar-refractivity contribution is -0.129. The van der Waals surface area contributed by atoms with Gasteiger partial charge in [-0.2, -0.15) is 0 Å². The van der Waals surface area contributed by atoms with Crippen molar-refractivity contribution in [2.45, 2.75) is 45.2 Å². The van der Waals surface area contributed by atoms with Gasteiger partial charge in [-0.3, -0.25) is 9.79 Å². The Kier molecular flexibility index (Phi) is 9.90. The molecule has 1 amide bonds. The van der Waals surface area contributed by atoms with Gasteiger partial charge in [0.25, 0.3) is 0 Å². The van der Waals surface area contributed by atoms with Crippen molar-refractivity contribution in [3.05, 3.63) is 35.6 Å². The maximum Gasteiger partial charge on any atom is 0.222 e. The standard InChI is InChI=1S/C19H29FN4O.HI/c1-4-17(24-12-6-9-18(24)25)10-11-22-19(21-2)23(3)14-15-7-5-8-16(20)13-15;/h5,7-8,13,17H,4,6,9-12,14H2,1-3H3,(H,21,22);1H. The first kappa shape index (κ1) is 22.7. The second-order valence-corrected chi connectivity index (χ2v) is 6.50. The quantitative estimate of drug-likeness (QED) is 0.374. The minimum absolute atomic E-state index is 0. The topological polar surface area (TPSA) is 47.9 Å². The number of rotatable bonds is 7. The monoisotopic (exact) mass is 476 g/mol. The third-order valence-corrected chi connectivity index (χ3v) is 4.66. The molecular formula is C19H30FIN4O. The number of aliphatic imine (C=N–C) groups is 1. The fourth-order valence-electron chi connectivity index (χ4n) is 3.35. The molecule has 2 rings (SSSR count). The summed E-state index contributed by atoms with van der Waals surface area (Å²) >= 11 is 0. The maximum atomic E-state index is 13.3. The number of halogens is 2. The summed E-state index contributed by atoms with van der Waals surface area (Å²) in [5.41, 5.74) is 0.902. The van der Waals surface area contributed by atoms with Crippen LogP contribution in [-0.2, 0) is 11.3 Å². The lowest BCUT2D eigenvalue weighted by Crippen LogP contribution is -2.42. The molecule has 1 aliphatic heterocycles. The molecule has 1 fully saturated rings. The molecule has 26 heavy (non-hydrogen) atoms. The third kappa shape index (κ3) is 6.41. The van der Waals surface area contributed by atoms with Crippen molar-refractivity contribution in [2.75, 3.05) is 27.2 Å². The molecule has 1 saturated heterocycles. The van der Waals surface area contributed by atoms with Crippen molar-refractivity contribution in [3.63, 3.8) is 0 Å². The van der Waals surface area contributed by atoms with Crippen LogP contribution < -0.4 is 5.32 Å². The highest BCUT2D eigenvalue weighted by Crippen LogP contribution is 2.17. The predicted molar refractivity (Wildman–Crippen MR) is 114 cm³/mol. The Hall–Kier alpha value is -1.38. The van der Waals surface area contributed by atoms with E-state index in [-0.39, 0.29) is 41.7 Å². The van der Waals surface area contributed by atoms with E-state index in [1.165, 1.54) is 12.1 Å². The minimum atomic E-state index is -0.227. The number of carbonyl (C=O) groups is 1. The number of nitrogens with one attached hydrogen (secondary N) is 1. The number of guanidine groups is 1. The van der Waals surface area contributed by atoms with Gasteiger partial charge in [0.1, 0.15) is 5.82 Å². The molecule has 7 heteroatoms. The Labute approximate surface area is 173 Å². The molecule has 1 aromatic carbocycles. The Morgan fingerprint density at radius 3 is 2.81 bits per heavy atom. The molecule has 1 unspecified atom stereocenters. The summed E-state index contributed by atoms with van der Waals surface area (Å²) in [6.07, 6.45) is 3.52. The van der Waals surface area contributed by atoms with Gasteiger partial charge < -0.3 is 15.1 Å². The number of benzene rings is 1. The van der Waals surface area contributed by atoms with E-state index in [4.69, 9.17) is 0 Å². The predicted octanol–water partition coefficient (Wildman–Crippen LogP) is 3.24. The number of hydrogen-bond donors (Lipinski definition) is 1. The van der Waals surface area contributed by atoms with E-state index in [2.05, 4.69) is 17.2 Å². The van der Waals surface area contributed by atoms with Crippen LogP contribution in [0.2, 0.25) is 0 Å². The summed E-state index contributed by atoms with van der Waals surface area (Å²) in [7, 11) is 3.67. The Morgan fingerprint density at radius 1 is 1.46 bits per heavy atom. The molecule has 1 heterocycles. The molecule has 0 bridgehead atoms. The van der Waals surface area contributed by atoms with Crippen molar-refractivity contribution in [1.82, 2.24) is 15.1 Å². The fraction of sp³-hybridized carbons (Fsp3) is 0.579. The molecule has 0 radical (unpaired) electrons. The van der Waals surface area contributed by atoms with Crippen molar-refractivity contribution < 1.29 is 9.18 Å². The Balaban J connectivity index is 0.00000338. The molecule has 1 aromatic rings. The second kappa shape index (κ2) is 11.4. The van der Waals surface area contributed by atoms with Crippen LogP contribution >= 0.6 is 24.0 Å². The number of amides is 1. The number of nitrogens with zero attached hydrogens (tertiary/aromatic N) is 3. The van der Waals surface area contributed by atoms with E-state index in [1.807, 2.05) is 22.9 Å². The smallest absolute Gasteiger partial charge is 0.222 e. The van der Waals surface area contributed by atoms with E-state index >= 15 is 0 Å². The molecule has 0 spiro atoms. The summed E-state index contributed by atoms with van der Waals surface area (Å²) < 4.78 is 13.3. The van der Waals surface area contributed by atoms with Gasteiger partial charge >= 0.3 is 0 Å². The highest BCUT2D eigenvalue weighted by molar-refractivity contribution is 14.0. The highest BCUT2D eigenvalue weighted by Gasteiger charge is 2.26. The number of hydrogen-bond acceptors (Lipinski definition) is 2. The van der Waals surface area contributed by atoms with Gasteiger partial charge in [0.2, 0.25) is 5.91 Å². The van der Waals surface area contributed by atoms with E-state index in [1.54, 1.807) is 13.1 Å². The normalized spacial score (nSPS) is 15.6. The first-order chi connectivity index (χ1) is 12.0. The maximum absolute atomic E-state index is 13.3. The third-order valence-electron chi connectivity index (χ3n) is 4.66. The summed E-state index contributed by atoms with van der Waals surface area (Å²) in [4.78, 5) is 20.2. The van der Waals surface area contributed by atoms with Gasteiger partial charge in [-0.25, -0.2) is 4.39 Å². The summed E-state index contributed by atoms with van der Waals surface area (Å²) in [6, 6.07) is 6.89. The van der Waals surface area contributed by atoms with Crippen LogP contribution in [0.4, 0.5) is 4.39 Å². The molecular weight excluding hydrogens is 446 g/mol. The van der Waals surface area contributed by atoms with Crippen LogP contribution in [-0.4, -0.2) is 54.9 Å². The molecule has 5 nitrogen and oxygen atoms in total. The minimum Gasteiger partial charge on any atom is -0.356 e. The molecule has 1 aliphatic rings. The van der Waals surface area contributed by atoms with E-state index in [9.17, 15) is 9.18 Å². The van der Waals surface area contributed by atoms with E-state index < -0.39 is 0 Å². The zero-order chi connectivity index (χ0) is 18.2. The van der Waals surface area contributed by atoms with Crippen molar-refractivity contribution in [2.24, 2.45) is 4.99 Å². The van der Waals surface area contributed by atoms with E-state index in [0.29, 0.717) is 13.0 Å². The van der Waals surface area contributed by atoms with Crippen molar-refractivity contribution in [1.29, 1.82) is 0 Å². The largest absolute Gasteiger partial charge is 0.356 e. The van der Waals surface area contributed by atoms with Crippen molar-refractivity contribution >= 4 is 35.8 Å². The van der Waals surface area contributed by atoms with Crippen molar-refractivity contribution in [3.8, 4) is 0 Å². The van der Waals surface area contributed by atoms with Crippen LogP contribution in [0.1, 0.15) is 38.2 Å². The zero-order valence-corrected chi connectivity index (χ0v) is 18.2. The average Bonchev–Trinajstić information content (AvgIpc) is 3.01. The Bertz CT molecular complexity index is 611. The lowest BCUT2D eigenvalue weighted by atomic mass is 10.1. The van der Waals surface area contributed by atoms with Crippen LogP contribution in [0.5, 0.6) is 0 Å². The van der Waals surface area contributed by atoms with Crippen LogP contribution in [0.15, 0.2) is 29.3 Å². The molecule has 1 atom stereocenters. The molecule has 0 aliphatic carbocycles. The van der Waals surface area contributed by atoms with Crippen LogP contribution in [0.25, 0.3) is 0 Å². The second-order valence-electron chi connectivity index (χ2n) is 6.50. The van der Waals surface area contributed by atoms with Crippen LogP contribution in [0.3, 0.4) is 0 Å². The Morgan fingerprint density at radius 2 is 2.23 bits per heavy atom.